The molecule has 1 N–H and O–H groups in total. The summed E-state index contributed by atoms with van der Waals surface area (Å²) in [5, 5.41) is 10.5. The van der Waals surface area contributed by atoms with Gasteiger partial charge in [0.1, 0.15) is 4.88 Å². The summed E-state index contributed by atoms with van der Waals surface area (Å²) in [6.07, 6.45) is 0. The maximum atomic E-state index is 10.5. The average molecular weight is 218 g/mol. The van der Waals surface area contributed by atoms with E-state index in [0.717, 1.165) is 4.90 Å². The zero-order valence-corrected chi connectivity index (χ0v) is 8.78. The zero-order valence-electron chi connectivity index (χ0n) is 7.15. The van der Waals surface area contributed by atoms with Crippen LogP contribution in [0.3, 0.4) is 0 Å². The summed E-state index contributed by atoms with van der Waals surface area (Å²) < 4.78 is 5.13. The van der Waals surface area contributed by atoms with Gasteiger partial charge in [0.25, 0.3) is 0 Å². The van der Waals surface area contributed by atoms with Crippen LogP contribution in [0.2, 0.25) is 0 Å². The molecule has 1 aromatic heterocycles. The number of hydrogen-bond acceptors (Lipinski definition) is 4. The van der Waals surface area contributed by atoms with Crippen LogP contribution >= 0.6 is 23.1 Å². The molecule has 0 bridgehead atoms. The Labute approximate surface area is 84.7 Å². The first kappa shape index (κ1) is 10.6. The van der Waals surface area contributed by atoms with Crippen LogP contribution in [0.4, 0.5) is 0 Å². The summed E-state index contributed by atoms with van der Waals surface area (Å²) in [6, 6.07) is 1.66. The van der Waals surface area contributed by atoms with Crippen LogP contribution in [0.1, 0.15) is 16.6 Å². The van der Waals surface area contributed by atoms with E-state index in [1.807, 2.05) is 12.3 Å². The lowest BCUT2D eigenvalue weighted by Gasteiger charge is -1.96. The summed E-state index contributed by atoms with van der Waals surface area (Å²) in [6.45, 7) is 2.61. The van der Waals surface area contributed by atoms with E-state index in [-0.39, 0.29) is 0 Å². The highest BCUT2D eigenvalue weighted by Gasteiger charge is 2.06. The van der Waals surface area contributed by atoms with Crippen molar-refractivity contribution in [2.45, 2.75) is 11.8 Å². The molecule has 1 aromatic rings. The Morgan fingerprint density at radius 1 is 1.77 bits per heavy atom. The van der Waals surface area contributed by atoms with Crippen molar-refractivity contribution >= 4 is 29.1 Å². The fraction of sp³-hybridized carbons (Fsp3) is 0.375. The van der Waals surface area contributed by atoms with E-state index in [4.69, 9.17) is 9.84 Å². The molecule has 5 heteroatoms. The second kappa shape index (κ2) is 5.26. The van der Waals surface area contributed by atoms with Gasteiger partial charge in [0.15, 0.2) is 0 Å². The molecule has 0 aliphatic heterocycles. The smallest absolute Gasteiger partial charge is 0.345 e. The fourth-order valence-electron chi connectivity index (χ4n) is 0.700. The number of aromatic carboxylic acids is 1. The van der Waals surface area contributed by atoms with Gasteiger partial charge in [0, 0.05) is 16.9 Å². The van der Waals surface area contributed by atoms with Crippen molar-refractivity contribution in [3.8, 4) is 0 Å². The highest BCUT2D eigenvalue weighted by atomic mass is 32.2. The van der Waals surface area contributed by atoms with E-state index < -0.39 is 5.97 Å². The third-order valence-corrected chi connectivity index (χ3v) is 3.22. The van der Waals surface area contributed by atoms with Crippen molar-refractivity contribution in [1.82, 2.24) is 0 Å². The Bertz CT molecular complexity index is 283. The summed E-state index contributed by atoms with van der Waals surface area (Å²) in [4.78, 5) is 11.8. The monoisotopic (exact) mass is 218 g/mol. The van der Waals surface area contributed by atoms with Gasteiger partial charge in [-0.2, -0.15) is 0 Å². The van der Waals surface area contributed by atoms with Gasteiger partial charge in [-0.05, 0) is 13.0 Å². The first-order valence-corrected chi connectivity index (χ1v) is 5.63. The van der Waals surface area contributed by atoms with E-state index in [0.29, 0.717) is 17.4 Å². The van der Waals surface area contributed by atoms with Gasteiger partial charge in [0.2, 0.25) is 0 Å². The molecule has 0 unspecified atom stereocenters. The van der Waals surface area contributed by atoms with Crippen LogP contribution in [0.25, 0.3) is 0 Å². The normalized spacial score (nSPS) is 10.2. The Kier molecular flexibility index (Phi) is 4.27. The zero-order chi connectivity index (χ0) is 9.68. The molecule has 0 aromatic carbocycles. The third kappa shape index (κ3) is 3.38. The third-order valence-electron chi connectivity index (χ3n) is 1.30. The van der Waals surface area contributed by atoms with Crippen LogP contribution in [-0.2, 0) is 4.74 Å². The number of carboxylic acids is 1. The SMILES string of the molecule is CCOCSc1csc(C(=O)O)c1. The van der Waals surface area contributed by atoms with Crippen molar-refractivity contribution in [1.29, 1.82) is 0 Å². The van der Waals surface area contributed by atoms with Crippen LogP contribution < -0.4 is 0 Å². The number of hydrogen-bond donors (Lipinski definition) is 1. The Hall–Kier alpha value is -0.520. The number of thioether (sulfide) groups is 1. The van der Waals surface area contributed by atoms with Gasteiger partial charge in [-0.3, -0.25) is 0 Å². The maximum absolute atomic E-state index is 10.5. The first-order chi connectivity index (χ1) is 6.24. The molecule has 0 fully saturated rings. The lowest BCUT2D eigenvalue weighted by atomic mass is 10.5. The van der Waals surface area contributed by atoms with Crippen molar-refractivity contribution < 1.29 is 14.6 Å². The first-order valence-electron chi connectivity index (χ1n) is 3.76. The molecule has 0 saturated heterocycles. The van der Waals surface area contributed by atoms with Crippen LogP contribution in [0.15, 0.2) is 16.3 Å². The second-order valence-electron chi connectivity index (χ2n) is 2.21. The van der Waals surface area contributed by atoms with Crippen molar-refractivity contribution in [3.05, 3.63) is 16.3 Å². The van der Waals surface area contributed by atoms with E-state index in [1.54, 1.807) is 6.07 Å². The Morgan fingerprint density at radius 3 is 3.08 bits per heavy atom. The quantitative estimate of drug-likeness (QED) is 0.468. The predicted molar refractivity (Wildman–Crippen MR) is 53.6 cm³/mol. The minimum Gasteiger partial charge on any atom is -0.477 e. The molecule has 13 heavy (non-hydrogen) atoms. The maximum Gasteiger partial charge on any atom is 0.345 e. The summed E-state index contributed by atoms with van der Waals surface area (Å²) in [5.41, 5.74) is 0. The molecular weight excluding hydrogens is 208 g/mol. The van der Waals surface area contributed by atoms with Gasteiger partial charge in [-0.15, -0.1) is 11.3 Å². The minimum absolute atomic E-state index is 0.374. The summed E-state index contributed by atoms with van der Waals surface area (Å²) in [5.74, 6) is -0.292. The van der Waals surface area contributed by atoms with Gasteiger partial charge in [-0.25, -0.2) is 4.79 Å². The molecule has 1 rings (SSSR count). The summed E-state index contributed by atoms with van der Waals surface area (Å²) in [7, 11) is 0. The van der Waals surface area contributed by atoms with Crippen molar-refractivity contribution in [2.24, 2.45) is 0 Å². The fourth-order valence-corrected chi connectivity index (χ4v) is 2.39. The number of thiophene rings is 1. The number of rotatable bonds is 5. The Balaban J connectivity index is 2.44. The lowest BCUT2D eigenvalue weighted by Crippen LogP contribution is -1.90. The molecule has 3 nitrogen and oxygen atoms in total. The molecule has 0 saturated carbocycles. The van der Waals surface area contributed by atoms with Gasteiger partial charge < -0.3 is 9.84 Å². The molecular formula is C8H10O3S2. The van der Waals surface area contributed by atoms with E-state index in [2.05, 4.69) is 0 Å². The summed E-state index contributed by atoms with van der Waals surface area (Å²) >= 11 is 2.75. The van der Waals surface area contributed by atoms with Crippen LogP contribution in [0, 0.1) is 0 Å². The molecule has 1 heterocycles. The van der Waals surface area contributed by atoms with E-state index >= 15 is 0 Å². The molecule has 0 atom stereocenters. The molecule has 0 aliphatic rings. The second-order valence-corrected chi connectivity index (χ2v) is 4.11. The number of carboxylic acid groups (broad SMARTS) is 1. The lowest BCUT2D eigenvalue weighted by molar-refractivity contribution is 0.0702. The van der Waals surface area contributed by atoms with E-state index in [1.165, 1.54) is 23.1 Å². The standard InChI is InChI=1S/C8H10O3S2/c1-2-11-5-13-6-3-7(8(9)10)12-4-6/h3-4H,2,5H2,1H3,(H,9,10). The molecule has 0 aliphatic carbocycles. The molecule has 0 amide bonds. The predicted octanol–water partition coefficient (Wildman–Crippen LogP) is 2.53. The number of carbonyl (C=O) groups is 1. The minimum atomic E-state index is -0.867. The highest BCUT2D eigenvalue weighted by Crippen LogP contribution is 2.24. The van der Waals surface area contributed by atoms with E-state index in [9.17, 15) is 4.79 Å². The number of ether oxygens (including phenoxy) is 1. The Morgan fingerprint density at radius 2 is 2.54 bits per heavy atom. The van der Waals surface area contributed by atoms with Gasteiger partial charge in [-0.1, -0.05) is 11.8 Å². The van der Waals surface area contributed by atoms with Gasteiger partial charge in [0.05, 0.1) is 5.94 Å². The van der Waals surface area contributed by atoms with Gasteiger partial charge >= 0.3 is 5.97 Å². The molecule has 72 valence electrons. The van der Waals surface area contributed by atoms with Crippen molar-refractivity contribution in [3.63, 3.8) is 0 Å². The average Bonchev–Trinajstić information content (AvgIpc) is 2.53. The topological polar surface area (TPSA) is 46.5 Å². The van der Waals surface area contributed by atoms with Crippen LogP contribution in [0.5, 0.6) is 0 Å². The van der Waals surface area contributed by atoms with Crippen LogP contribution in [-0.4, -0.2) is 23.6 Å². The molecule has 0 radical (unpaired) electrons. The largest absolute Gasteiger partial charge is 0.477 e. The molecule has 0 spiro atoms. The highest BCUT2D eigenvalue weighted by molar-refractivity contribution is 7.99. The van der Waals surface area contributed by atoms with Crippen molar-refractivity contribution in [2.75, 3.05) is 12.5 Å².